The molecule has 0 aliphatic rings. The molecule has 0 saturated heterocycles. The van der Waals surface area contributed by atoms with Crippen molar-refractivity contribution in [2.45, 2.75) is 13.8 Å². The number of hydrogen-bond donors (Lipinski definition) is 2. The van der Waals surface area contributed by atoms with E-state index in [4.69, 9.17) is 0 Å². The predicted molar refractivity (Wildman–Crippen MR) is 90.5 cm³/mol. The smallest absolute Gasteiger partial charge is 0.748 e. The molecule has 0 rings (SSSR count). The summed E-state index contributed by atoms with van der Waals surface area (Å²) < 4.78 is 60.3. The van der Waals surface area contributed by atoms with Gasteiger partial charge in [-0.25, -0.2) is 16.8 Å². The summed E-state index contributed by atoms with van der Waals surface area (Å²) in [7, 11) is -8.48. The Bertz CT molecular complexity index is 626. The molecule has 0 radical (unpaired) electrons. The molecular formula is C12H20CaN2O8S2. The number of carbonyl (C=O) groups is 2. The van der Waals surface area contributed by atoms with Crippen molar-refractivity contribution in [3.63, 3.8) is 0 Å². The molecule has 0 aromatic carbocycles. The second kappa shape index (κ2) is 13.7. The minimum Gasteiger partial charge on any atom is -0.748 e. The van der Waals surface area contributed by atoms with Crippen LogP contribution in [0, 0.1) is 0 Å². The van der Waals surface area contributed by atoms with Gasteiger partial charge in [-0.15, -0.1) is 0 Å². The zero-order chi connectivity index (χ0) is 19.6. The first-order valence-corrected chi connectivity index (χ1v) is 9.55. The van der Waals surface area contributed by atoms with E-state index in [2.05, 4.69) is 23.8 Å². The van der Waals surface area contributed by atoms with Crippen LogP contribution in [0.3, 0.4) is 0 Å². The Morgan fingerprint density at radius 3 is 1.20 bits per heavy atom. The van der Waals surface area contributed by atoms with Crippen LogP contribution < -0.4 is 10.6 Å². The summed E-state index contributed by atoms with van der Waals surface area (Å²) >= 11 is 0. The van der Waals surface area contributed by atoms with E-state index in [0.717, 1.165) is 0 Å². The molecule has 0 aromatic rings. The molecule has 10 nitrogen and oxygen atoms in total. The van der Waals surface area contributed by atoms with Gasteiger partial charge in [0.15, 0.2) is 0 Å². The largest absolute Gasteiger partial charge is 2.00 e. The number of nitrogens with one attached hydrogen (secondary N) is 2. The van der Waals surface area contributed by atoms with E-state index in [1.165, 1.54) is 13.8 Å². The Hall–Kier alpha value is -0.500. The minimum absolute atomic E-state index is 0. The van der Waals surface area contributed by atoms with Crippen molar-refractivity contribution in [3.05, 3.63) is 24.3 Å². The Labute approximate surface area is 177 Å². The fourth-order valence-electron chi connectivity index (χ4n) is 0.881. The van der Waals surface area contributed by atoms with Gasteiger partial charge < -0.3 is 19.7 Å². The Balaban J connectivity index is -0.000000372. The summed E-state index contributed by atoms with van der Waals surface area (Å²) in [5, 5.41) is 4.44. The van der Waals surface area contributed by atoms with Gasteiger partial charge >= 0.3 is 37.7 Å². The van der Waals surface area contributed by atoms with Crippen LogP contribution in [0.5, 0.6) is 0 Å². The van der Waals surface area contributed by atoms with Gasteiger partial charge in [0.1, 0.15) is 0 Å². The van der Waals surface area contributed by atoms with E-state index in [0.29, 0.717) is 0 Å². The summed E-state index contributed by atoms with van der Waals surface area (Å²) in [6, 6.07) is 0. The third-order valence-electron chi connectivity index (χ3n) is 2.05. The van der Waals surface area contributed by atoms with Gasteiger partial charge in [-0.1, -0.05) is 13.2 Å². The molecule has 13 heteroatoms. The quantitative estimate of drug-likeness (QED) is 0.257. The maximum Gasteiger partial charge on any atom is 2.00 e. The molecule has 2 N–H and O–H groups in total. The third kappa shape index (κ3) is 23.5. The van der Waals surface area contributed by atoms with Gasteiger partial charge in [0, 0.05) is 24.2 Å². The molecule has 0 atom stereocenters. The van der Waals surface area contributed by atoms with Crippen molar-refractivity contribution < 1.29 is 35.5 Å². The molecule has 0 heterocycles. The molecule has 0 aliphatic heterocycles. The van der Waals surface area contributed by atoms with Crippen LogP contribution in [-0.4, -0.2) is 100 Å². The van der Waals surface area contributed by atoms with Crippen LogP contribution in [0.4, 0.5) is 0 Å². The number of amides is 2. The van der Waals surface area contributed by atoms with Crippen molar-refractivity contribution in [3.8, 4) is 0 Å². The molecule has 0 aromatic heterocycles. The second-order valence-corrected chi connectivity index (χ2v) is 7.64. The zero-order valence-electron chi connectivity index (χ0n) is 14.0. The van der Waals surface area contributed by atoms with Crippen LogP contribution >= 0.6 is 0 Å². The number of carbonyl (C=O) groups excluding carboxylic acids is 2. The van der Waals surface area contributed by atoms with E-state index in [1.54, 1.807) is 0 Å². The second-order valence-electron chi connectivity index (χ2n) is 4.60. The Kier molecular flexibility index (Phi) is 16.0. The third-order valence-corrected chi connectivity index (χ3v) is 3.46. The fraction of sp³-hybridized carbons (Fsp3) is 0.500. The van der Waals surface area contributed by atoms with Crippen LogP contribution in [0.2, 0.25) is 0 Å². The van der Waals surface area contributed by atoms with Gasteiger partial charge in [0.25, 0.3) is 0 Å². The average molecular weight is 425 g/mol. The first-order chi connectivity index (χ1) is 10.7. The minimum atomic E-state index is -4.24. The summed E-state index contributed by atoms with van der Waals surface area (Å²) in [6.45, 7) is 9.30. The predicted octanol–water partition coefficient (Wildman–Crippen LogP) is -1.93. The number of rotatable bonds is 8. The molecule has 2 amide bonds. The molecule has 0 spiro atoms. The summed E-state index contributed by atoms with van der Waals surface area (Å²) in [5.41, 5.74) is 0.552. The molecule has 0 bridgehead atoms. The van der Waals surface area contributed by atoms with E-state index in [9.17, 15) is 35.5 Å². The normalized spacial score (nSPS) is 10.4. The molecule has 25 heavy (non-hydrogen) atoms. The van der Waals surface area contributed by atoms with Gasteiger partial charge in [0.2, 0.25) is 11.8 Å². The SMILES string of the molecule is C=C(C)C(=O)NCCS(=O)(=O)[O-].C=C(C)C(=O)NCCS(=O)(=O)[O-].[Ca+2]. The topological polar surface area (TPSA) is 173 Å². The maximum absolute atomic E-state index is 10.7. The average Bonchev–Trinajstić information content (AvgIpc) is 2.35. The van der Waals surface area contributed by atoms with E-state index in [1.807, 2.05) is 0 Å². The van der Waals surface area contributed by atoms with Gasteiger partial charge in [-0.05, 0) is 13.8 Å². The molecule has 0 aliphatic carbocycles. The summed E-state index contributed by atoms with van der Waals surface area (Å²) in [4.78, 5) is 21.4. The van der Waals surface area contributed by atoms with Crippen molar-refractivity contribution in [2.24, 2.45) is 0 Å². The van der Waals surface area contributed by atoms with Crippen molar-refractivity contribution >= 4 is 69.8 Å². The molecule has 140 valence electrons. The molecule has 0 fully saturated rings. The zero-order valence-corrected chi connectivity index (χ0v) is 17.9. The van der Waals surface area contributed by atoms with E-state index in [-0.39, 0.29) is 62.0 Å². The van der Waals surface area contributed by atoms with Crippen LogP contribution in [0.15, 0.2) is 24.3 Å². The molecule has 0 unspecified atom stereocenters. The first kappa shape index (κ1) is 29.3. The summed E-state index contributed by atoms with van der Waals surface area (Å²) in [6.07, 6.45) is 0. The van der Waals surface area contributed by atoms with Crippen LogP contribution in [0.25, 0.3) is 0 Å². The monoisotopic (exact) mass is 424 g/mol. The van der Waals surface area contributed by atoms with Gasteiger partial charge in [0.05, 0.1) is 31.7 Å². The molecular weight excluding hydrogens is 404 g/mol. The van der Waals surface area contributed by atoms with E-state index >= 15 is 0 Å². The maximum atomic E-state index is 10.7. The van der Waals surface area contributed by atoms with Crippen LogP contribution in [0.1, 0.15) is 13.8 Å². The van der Waals surface area contributed by atoms with Crippen molar-refractivity contribution in [1.82, 2.24) is 10.6 Å². The van der Waals surface area contributed by atoms with Gasteiger partial charge in [-0.3, -0.25) is 9.59 Å². The van der Waals surface area contributed by atoms with Crippen LogP contribution in [-0.2, 0) is 29.8 Å². The first-order valence-electron chi connectivity index (χ1n) is 6.40. The fourth-order valence-corrected chi connectivity index (χ4v) is 1.59. The number of hydrogen-bond acceptors (Lipinski definition) is 8. The standard InChI is InChI=1S/2C6H11NO4S.Ca/c2*1-5(2)6(8)7-3-4-12(9,10)11;/h2*1,3-4H2,2H3,(H,7,8)(H,9,10,11);/q;;+2/p-2. The molecule has 0 saturated carbocycles. The summed E-state index contributed by atoms with van der Waals surface area (Å²) in [5.74, 6) is -2.07. The van der Waals surface area contributed by atoms with Gasteiger partial charge in [-0.2, -0.15) is 0 Å². The van der Waals surface area contributed by atoms with Crippen molar-refractivity contribution in [2.75, 3.05) is 24.6 Å². The Morgan fingerprint density at radius 2 is 1.04 bits per heavy atom. The Morgan fingerprint density at radius 1 is 0.800 bits per heavy atom. The van der Waals surface area contributed by atoms with Crippen molar-refractivity contribution in [1.29, 1.82) is 0 Å². The van der Waals surface area contributed by atoms with E-state index < -0.39 is 43.6 Å².